The maximum Gasteiger partial charge on any atom is 0.0223 e. The van der Waals surface area contributed by atoms with Crippen LogP contribution < -0.4 is 6.15 Å². The quantitative estimate of drug-likeness (QED) is 0.475. The van der Waals surface area contributed by atoms with Crippen LogP contribution >= 0.6 is 11.6 Å². The van der Waals surface area contributed by atoms with Crippen molar-refractivity contribution < 1.29 is 0 Å². The highest BCUT2D eigenvalue weighted by Gasteiger charge is 1.84. The number of hydrogen-bond acceptors (Lipinski definition) is 1. The van der Waals surface area contributed by atoms with Gasteiger partial charge in [0, 0.05) is 5.88 Å². The van der Waals surface area contributed by atoms with E-state index in [1.807, 2.05) is 0 Å². The fourth-order valence-electron chi connectivity index (χ4n) is 0.698. The number of halogens is 1. The zero-order chi connectivity index (χ0) is 6.24. The smallest absolute Gasteiger partial charge is 0.0223 e. The van der Waals surface area contributed by atoms with Crippen molar-refractivity contribution in [3.63, 3.8) is 0 Å². The minimum atomic E-state index is 0. The van der Waals surface area contributed by atoms with Crippen LogP contribution in [0.3, 0.4) is 0 Å². The molecule has 0 atom stereocenters. The molecule has 0 spiro atoms. The third-order valence-electron chi connectivity index (χ3n) is 1.24. The molecule has 0 bridgehead atoms. The predicted molar refractivity (Wildman–Crippen MR) is 44.5 cm³/mol. The van der Waals surface area contributed by atoms with Crippen LogP contribution in [0, 0.1) is 0 Å². The van der Waals surface area contributed by atoms with Gasteiger partial charge in [0.15, 0.2) is 0 Å². The molecule has 9 heavy (non-hydrogen) atoms. The van der Waals surface area contributed by atoms with E-state index < -0.39 is 0 Å². The summed E-state index contributed by atoms with van der Waals surface area (Å²) in [7, 11) is 0. The summed E-state index contributed by atoms with van der Waals surface area (Å²) in [6, 6.07) is 0. The summed E-state index contributed by atoms with van der Waals surface area (Å²) in [4.78, 5) is 0. The summed E-state index contributed by atoms with van der Waals surface area (Å²) < 4.78 is 0. The highest BCUT2D eigenvalue weighted by Crippen LogP contribution is 2.02. The van der Waals surface area contributed by atoms with Crippen LogP contribution in [0.15, 0.2) is 0 Å². The van der Waals surface area contributed by atoms with Gasteiger partial charge < -0.3 is 6.15 Å². The molecule has 1 nitrogen and oxygen atoms in total. The molecule has 0 fully saturated rings. The first kappa shape index (κ1) is 12.0. The van der Waals surface area contributed by atoms with E-state index >= 15 is 0 Å². The zero-order valence-electron chi connectivity index (χ0n) is 6.33. The molecule has 0 amide bonds. The van der Waals surface area contributed by atoms with Crippen LogP contribution in [-0.4, -0.2) is 5.88 Å². The Morgan fingerprint density at radius 2 is 1.56 bits per heavy atom. The van der Waals surface area contributed by atoms with Gasteiger partial charge in [-0.2, -0.15) is 0 Å². The second-order valence-electron chi connectivity index (χ2n) is 2.10. The van der Waals surface area contributed by atoms with Crippen molar-refractivity contribution in [2.24, 2.45) is 0 Å². The lowest BCUT2D eigenvalue weighted by molar-refractivity contribution is 0.658. The Morgan fingerprint density at radius 1 is 1.00 bits per heavy atom. The van der Waals surface area contributed by atoms with Gasteiger partial charge in [0.2, 0.25) is 0 Å². The molecule has 0 aromatic rings. The highest BCUT2D eigenvalue weighted by molar-refractivity contribution is 6.17. The molecule has 3 N–H and O–H groups in total. The Kier molecular flexibility index (Phi) is 14.8. The van der Waals surface area contributed by atoms with E-state index in [4.69, 9.17) is 11.6 Å². The average Bonchev–Trinajstić information content (AvgIpc) is 1.81. The van der Waals surface area contributed by atoms with E-state index in [9.17, 15) is 0 Å². The lowest BCUT2D eigenvalue weighted by Gasteiger charge is -1.93. The molecule has 0 aromatic heterocycles. The molecule has 0 aliphatic heterocycles. The minimum Gasteiger partial charge on any atom is -0.344 e. The van der Waals surface area contributed by atoms with Crippen LogP contribution in [-0.2, 0) is 0 Å². The van der Waals surface area contributed by atoms with Gasteiger partial charge in [0.05, 0.1) is 0 Å². The minimum absolute atomic E-state index is 0. The van der Waals surface area contributed by atoms with Crippen LogP contribution in [0.25, 0.3) is 0 Å². The van der Waals surface area contributed by atoms with Gasteiger partial charge in [-0.1, -0.05) is 32.6 Å². The standard InChI is InChI=1S/C7H15Cl.H3N/c1-2-3-4-5-6-7-8;/h2-7H2,1H3;1H3. The van der Waals surface area contributed by atoms with E-state index in [0.29, 0.717) is 0 Å². The van der Waals surface area contributed by atoms with Gasteiger partial charge >= 0.3 is 0 Å². The molecule has 58 valence electrons. The van der Waals surface area contributed by atoms with Crippen molar-refractivity contribution in [2.75, 3.05) is 5.88 Å². The number of hydrogen-bond donors (Lipinski definition) is 1. The molecular weight excluding hydrogens is 134 g/mol. The van der Waals surface area contributed by atoms with E-state index in [1.165, 1.54) is 32.1 Å². The monoisotopic (exact) mass is 151 g/mol. The molecule has 0 aromatic carbocycles. The lowest BCUT2D eigenvalue weighted by Crippen LogP contribution is -1.76. The largest absolute Gasteiger partial charge is 0.344 e. The zero-order valence-corrected chi connectivity index (χ0v) is 7.08. The maximum atomic E-state index is 5.48. The fraction of sp³-hybridized carbons (Fsp3) is 1.00. The summed E-state index contributed by atoms with van der Waals surface area (Å²) in [5.74, 6) is 0.837. The van der Waals surface area contributed by atoms with Crippen LogP contribution in [0.1, 0.15) is 39.0 Å². The fourth-order valence-corrected chi connectivity index (χ4v) is 0.887. The summed E-state index contributed by atoms with van der Waals surface area (Å²) >= 11 is 5.48. The molecule has 0 saturated carbocycles. The van der Waals surface area contributed by atoms with Crippen LogP contribution in [0.5, 0.6) is 0 Å². The molecular formula is C7H18ClN. The van der Waals surface area contributed by atoms with Gasteiger partial charge in [-0.15, -0.1) is 11.6 Å². The molecule has 0 aliphatic rings. The van der Waals surface area contributed by atoms with E-state index in [1.54, 1.807) is 0 Å². The van der Waals surface area contributed by atoms with Gasteiger partial charge in [-0.05, 0) is 6.42 Å². The summed E-state index contributed by atoms with van der Waals surface area (Å²) in [5, 5.41) is 0. The molecule has 0 heterocycles. The van der Waals surface area contributed by atoms with Crippen molar-refractivity contribution in [3.8, 4) is 0 Å². The topological polar surface area (TPSA) is 35.0 Å². The van der Waals surface area contributed by atoms with Crippen molar-refractivity contribution in [2.45, 2.75) is 39.0 Å². The second kappa shape index (κ2) is 11.1. The molecule has 0 rings (SSSR count). The van der Waals surface area contributed by atoms with Gasteiger partial charge in [-0.3, -0.25) is 0 Å². The van der Waals surface area contributed by atoms with Crippen molar-refractivity contribution >= 4 is 11.6 Å². The van der Waals surface area contributed by atoms with Crippen molar-refractivity contribution in [1.29, 1.82) is 0 Å². The van der Waals surface area contributed by atoms with Gasteiger partial charge in [-0.25, -0.2) is 0 Å². The first-order chi connectivity index (χ1) is 3.91. The average molecular weight is 152 g/mol. The third-order valence-corrected chi connectivity index (χ3v) is 1.50. The molecule has 2 heteroatoms. The summed E-state index contributed by atoms with van der Waals surface area (Å²) in [6.45, 7) is 2.22. The van der Waals surface area contributed by atoms with E-state index in [-0.39, 0.29) is 6.15 Å². The summed E-state index contributed by atoms with van der Waals surface area (Å²) in [5.41, 5.74) is 0. The molecule has 0 radical (unpaired) electrons. The Balaban J connectivity index is 0. The Morgan fingerprint density at radius 3 is 2.00 bits per heavy atom. The maximum absolute atomic E-state index is 5.48. The Labute approximate surface area is 63.4 Å². The normalized spacial score (nSPS) is 8.67. The predicted octanol–water partition coefficient (Wildman–Crippen LogP) is 3.36. The SMILES string of the molecule is CCCCCCCCl.N. The number of unbranched alkanes of at least 4 members (excludes halogenated alkanes) is 4. The number of rotatable bonds is 5. The van der Waals surface area contributed by atoms with Gasteiger partial charge in [0.25, 0.3) is 0 Å². The Hall–Kier alpha value is 0.250. The van der Waals surface area contributed by atoms with Crippen LogP contribution in [0.4, 0.5) is 0 Å². The van der Waals surface area contributed by atoms with Crippen molar-refractivity contribution in [3.05, 3.63) is 0 Å². The third kappa shape index (κ3) is 11.7. The molecule has 0 saturated heterocycles. The summed E-state index contributed by atoms with van der Waals surface area (Å²) in [6.07, 6.45) is 6.57. The molecule has 0 aliphatic carbocycles. The van der Waals surface area contributed by atoms with E-state index in [2.05, 4.69) is 6.92 Å². The first-order valence-corrected chi connectivity index (χ1v) is 4.01. The Bertz CT molecular complexity index is 33.9. The second-order valence-corrected chi connectivity index (χ2v) is 2.48. The van der Waals surface area contributed by atoms with E-state index in [0.717, 1.165) is 5.88 Å². The first-order valence-electron chi connectivity index (χ1n) is 3.47. The number of alkyl halides is 1. The van der Waals surface area contributed by atoms with Crippen LogP contribution in [0.2, 0.25) is 0 Å². The highest BCUT2D eigenvalue weighted by atomic mass is 35.5. The van der Waals surface area contributed by atoms with Gasteiger partial charge in [0.1, 0.15) is 0 Å². The molecule has 0 unspecified atom stereocenters. The van der Waals surface area contributed by atoms with Crippen molar-refractivity contribution in [1.82, 2.24) is 6.15 Å². The lowest BCUT2D eigenvalue weighted by atomic mass is 10.2.